The molecule has 0 aliphatic carbocycles. The number of hydrogen-bond donors (Lipinski definition) is 1. The number of nitrogens with zero attached hydrogens (tertiary/aromatic N) is 2. The molecule has 5 heteroatoms. The fraction of sp³-hybridized carbons (Fsp3) is 0.500. The molecule has 0 bridgehead atoms. The number of hydrogen-bond acceptors (Lipinski definition) is 4. The van der Waals surface area contributed by atoms with E-state index in [2.05, 4.69) is 0 Å². The number of likely N-dealkylation sites (tertiary alicyclic amines) is 1. The first-order chi connectivity index (χ1) is 9.91. The fourth-order valence-electron chi connectivity index (χ4n) is 2.33. The van der Waals surface area contributed by atoms with Crippen molar-refractivity contribution in [1.82, 2.24) is 4.90 Å². The zero-order valence-corrected chi connectivity index (χ0v) is 12.4. The highest BCUT2D eigenvalue weighted by molar-refractivity contribution is 5.81. The highest BCUT2D eigenvalue weighted by atomic mass is 16.5. The molecule has 21 heavy (non-hydrogen) atoms. The first-order valence-corrected chi connectivity index (χ1v) is 7.09. The lowest BCUT2D eigenvalue weighted by Gasteiger charge is -2.36. The molecule has 1 fully saturated rings. The van der Waals surface area contributed by atoms with Gasteiger partial charge in [0, 0.05) is 13.1 Å². The van der Waals surface area contributed by atoms with Gasteiger partial charge < -0.3 is 14.7 Å². The van der Waals surface area contributed by atoms with Crippen LogP contribution < -0.4 is 4.74 Å². The lowest BCUT2D eigenvalue weighted by Crippen LogP contribution is -2.49. The van der Waals surface area contributed by atoms with E-state index in [1.54, 1.807) is 43.0 Å². The van der Waals surface area contributed by atoms with E-state index in [1.807, 2.05) is 6.07 Å². The Morgan fingerprint density at radius 2 is 1.95 bits per heavy atom. The van der Waals surface area contributed by atoms with Crippen LogP contribution in [0.4, 0.5) is 0 Å². The standard InChI is InChI=1S/C16H20N2O3/c1-12(21-14-5-3-13(11-17)4-6-14)15(19)18-9-7-16(2,20)8-10-18/h3-6,12,20H,7-10H2,1-2H3. The van der Waals surface area contributed by atoms with Crippen molar-refractivity contribution in [2.75, 3.05) is 13.1 Å². The third-order valence-electron chi connectivity index (χ3n) is 3.80. The van der Waals surface area contributed by atoms with Crippen LogP contribution in [0.5, 0.6) is 5.75 Å². The third-order valence-corrected chi connectivity index (χ3v) is 3.80. The number of aliphatic hydroxyl groups is 1. The van der Waals surface area contributed by atoms with Gasteiger partial charge in [-0.15, -0.1) is 0 Å². The Morgan fingerprint density at radius 1 is 1.38 bits per heavy atom. The molecule has 1 N–H and O–H groups in total. The Bertz CT molecular complexity index is 536. The summed E-state index contributed by atoms with van der Waals surface area (Å²) in [4.78, 5) is 14.0. The minimum atomic E-state index is -0.673. The molecular formula is C16H20N2O3. The highest BCUT2D eigenvalue weighted by Gasteiger charge is 2.31. The molecule has 1 heterocycles. The van der Waals surface area contributed by atoms with Crippen molar-refractivity contribution in [3.63, 3.8) is 0 Å². The Labute approximate surface area is 124 Å². The molecule has 1 aromatic rings. The second-order valence-corrected chi connectivity index (χ2v) is 5.72. The van der Waals surface area contributed by atoms with Gasteiger partial charge in [0.15, 0.2) is 6.10 Å². The van der Waals surface area contributed by atoms with Crippen molar-refractivity contribution in [3.05, 3.63) is 29.8 Å². The predicted octanol–water partition coefficient (Wildman–Crippen LogP) is 1.70. The summed E-state index contributed by atoms with van der Waals surface area (Å²) in [5.41, 5.74) is -0.117. The highest BCUT2D eigenvalue weighted by Crippen LogP contribution is 2.22. The molecule has 1 aliphatic rings. The maximum atomic E-state index is 12.3. The molecule has 1 saturated heterocycles. The van der Waals surface area contributed by atoms with E-state index < -0.39 is 11.7 Å². The third kappa shape index (κ3) is 3.96. The van der Waals surface area contributed by atoms with Gasteiger partial charge in [0.05, 0.1) is 17.2 Å². The molecule has 0 spiro atoms. The largest absolute Gasteiger partial charge is 0.481 e. The number of benzene rings is 1. The number of carbonyl (C=O) groups excluding carboxylic acids is 1. The van der Waals surface area contributed by atoms with Crippen molar-refractivity contribution in [1.29, 1.82) is 5.26 Å². The van der Waals surface area contributed by atoms with E-state index in [1.165, 1.54) is 0 Å². The van der Waals surface area contributed by atoms with Crippen LogP contribution in [0.25, 0.3) is 0 Å². The van der Waals surface area contributed by atoms with Crippen molar-refractivity contribution in [3.8, 4) is 11.8 Å². The Morgan fingerprint density at radius 3 is 2.48 bits per heavy atom. The summed E-state index contributed by atoms with van der Waals surface area (Å²) < 4.78 is 5.62. The van der Waals surface area contributed by atoms with Crippen LogP contribution >= 0.6 is 0 Å². The normalized spacial score (nSPS) is 18.7. The summed E-state index contributed by atoms with van der Waals surface area (Å²) in [6, 6.07) is 8.72. The van der Waals surface area contributed by atoms with E-state index in [4.69, 9.17) is 10.00 Å². The zero-order chi connectivity index (χ0) is 15.5. The SMILES string of the molecule is CC(Oc1ccc(C#N)cc1)C(=O)N1CCC(C)(O)CC1. The minimum absolute atomic E-state index is 0.0742. The van der Waals surface area contributed by atoms with Gasteiger partial charge in [-0.1, -0.05) is 0 Å². The van der Waals surface area contributed by atoms with Crippen LogP contribution in [-0.2, 0) is 4.79 Å². The zero-order valence-electron chi connectivity index (χ0n) is 12.4. The first kappa shape index (κ1) is 15.3. The summed E-state index contributed by atoms with van der Waals surface area (Å²) in [6.07, 6.45) is 0.589. The summed E-state index contributed by atoms with van der Waals surface area (Å²) in [5, 5.41) is 18.6. The average molecular weight is 288 g/mol. The molecule has 5 nitrogen and oxygen atoms in total. The van der Waals surface area contributed by atoms with Gasteiger partial charge in [0.1, 0.15) is 5.75 Å². The van der Waals surface area contributed by atoms with E-state index >= 15 is 0 Å². The maximum absolute atomic E-state index is 12.3. The van der Waals surface area contributed by atoms with Crippen molar-refractivity contribution < 1.29 is 14.6 Å². The fourth-order valence-corrected chi connectivity index (χ4v) is 2.33. The molecular weight excluding hydrogens is 268 g/mol. The Hall–Kier alpha value is -2.06. The molecule has 1 atom stereocenters. The Kier molecular flexibility index (Phi) is 4.49. The molecule has 1 aromatic carbocycles. The van der Waals surface area contributed by atoms with Crippen LogP contribution in [-0.4, -0.2) is 40.7 Å². The molecule has 1 amide bonds. The number of carbonyl (C=O) groups is 1. The van der Waals surface area contributed by atoms with Gasteiger partial charge in [-0.25, -0.2) is 0 Å². The van der Waals surface area contributed by atoms with E-state index in [0.717, 1.165) is 0 Å². The van der Waals surface area contributed by atoms with E-state index in [9.17, 15) is 9.90 Å². The van der Waals surface area contributed by atoms with Gasteiger partial charge in [0.25, 0.3) is 5.91 Å². The number of piperidine rings is 1. The Balaban J connectivity index is 1.92. The lowest BCUT2D eigenvalue weighted by atomic mass is 9.93. The van der Waals surface area contributed by atoms with Crippen LogP contribution in [0, 0.1) is 11.3 Å². The number of amides is 1. The van der Waals surface area contributed by atoms with Gasteiger partial charge >= 0.3 is 0 Å². The maximum Gasteiger partial charge on any atom is 0.263 e. The van der Waals surface area contributed by atoms with Gasteiger partial charge in [-0.2, -0.15) is 5.26 Å². The molecule has 112 valence electrons. The average Bonchev–Trinajstić information content (AvgIpc) is 2.47. The lowest BCUT2D eigenvalue weighted by molar-refractivity contribution is -0.141. The molecule has 0 aromatic heterocycles. The molecule has 1 aliphatic heterocycles. The second-order valence-electron chi connectivity index (χ2n) is 5.72. The van der Waals surface area contributed by atoms with Crippen LogP contribution in [0.2, 0.25) is 0 Å². The number of nitriles is 1. The molecule has 0 radical (unpaired) electrons. The van der Waals surface area contributed by atoms with Crippen molar-refractivity contribution in [2.24, 2.45) is 0 Å². The first-order valence-electron chi connectivity index (χ1n) is 7.09. The monoisotopic (exact) mass is 288 g/mol. The van der Waals surface area contributed by atoms with Crippen LogP contribution in [0.3, 0.4) is 0 Å². The smallest absolute Gasteiger partial charge is 0.263 e. The topological polar surface area (TPSA) is 73.6 Å². The second kappa shape index (κ2) is 6.15. The van der Waals surface area contributed by atoms with Crippen LogP contribution in [0.15, 0.2) is 24.3 Å². The quantitative estimate of drug-likeness (QED) is 0.918. The summed E-state index contributed by atoms with van der Waals surface area (Å²) in [6.45, 7) is 4.61. The van der Waals surface area contributed by atoms with Crippen molar-refractivity contribution in [2.45, 2.75) is 38.4 Å². The molecule has 2 rings (SSSR count). The summed E-state index contributed by atoms with van der Waals surface area (Å²) in [5.74, 6) is 0.494. The minimum Gasteiger partial charge on any atom is -0.481 e. The van der Waals surface area contributed by atoms with Gasteiger partial charge in [-0.3, -0.25) is 4.79 Å². The van der Waals surface area contributed by atoms with Gasteiger partial charge in [0.2, 0.25) is 0 Å². The van der Waals surface area contributed by atoms with Crippen molar-refractivity contribution >= 4 is 5.91 Å². The van der Waals surface area contributed by atoms with E-state index in [-0.39, 0.29) is 5.91 Å². The van der Waals surface area contributed by atoms with E-state index in [0.29, 0.717) is 37.2 Å². The number of ether oxygens (including phenoxy) is 1. The summed E-state index contributed by atoms with van der Waals surface area (Å²) in [7, 11) is 0. The molecule has 0 saturated carbocycles. The number of rotatable bonds is 3. The van der Waals surface area contributed by atoms with Crippen LogP contribution in [0.1, 0.15) is 32.3 Å². The van der Waals surface area contributed by atoms with Gasteiger partial charge in [-0.05, 0) is 51.0 Å². The predicted molar refractivity (Wildman–Crippen MR) is 77.7 cm³/mol. The molecule has 1 unspecified atom stereocenters. The summed E-state index contributed by atoms with van der Waals surface area (Å²) >= 11 is 0.